The summed E-state index contributed by atoms with van der Waals surface area (Å²) in [5, 5.41) is 7.05. The topological polar surface area (TPSA) is 58.5 Å². The number of nitrogens with one attached hydrogen (secondary N) is 2. The Bertz CT molecular complexity index is 455. The van der Waals surface area contributed by atoms with Gasteiger partial charge in [0, 0.05) is 32.9 Å². The van der Waals surface area contributed by atoms with Crippen LogP contribution in [-0.4, -0.2) is 36.7 Å². The summed E-state index contributed by atoms with van der Waals surface area (Å²) >= 11 is 5.76. The lowest BCUT2D eigenvalue weighted by molar-refractivity contribution is 0.0243. The van der Waals surface area contributed by atoms with E-state index in [2.05, 4.69) is 27.5 Å². The molecule has 0 aromatic carbocycles. The van der Waals surface area contributed by atoms with Gasteiger partial charge in [0.05, 0.1) is 5.60 Å². The van der Waals surface area contributed by atoms with Crippen LogP contribution in [0.15, 0.2) is 23.3 Å². The van der Waals surface area contributed by atoms with Gasteiger partial charge in [-0.15, -0.1) is 0 Å². The molecule has 2 heterocycles. The number of rotatable bonds is 4. The van der Waals surface area contributed by atoms with Crippen molar-refractivity contribution in [3.8, 4) is 0 Å². The van der Waals surface area contributed by atoms with Crippen LogP contribution < -0.4 is 10.6 Å². The number of nitrogens with zero attached hydrogens (tertiary/aromatic N) is 2. The van der Waals surface area contributed by atoms with Gasteiger partial charge in [-0.25, -0.2) is 4.98 Å². The minimum absolute atomic E-state index is 0.0839. The molecule has 1 aromatic heterocycles. The number of hydrogen-bond acceptors (Lipinski definition) is 3. The molecule has 1 aromatic rings. The smallest absolute Gasteiger partial charge is 0.191 e. The maximum absolute atomic E-state index is 5.76. The molecule has 1 atom stereocenters. The van der Waals surface area contributed by atoms with Gasteiger partial charge < -0.3 is 15.4 Å². The molecule has 0 amide bonds. The summed E-state index contributed by atoms with van der Waals surface area (Å²) in [5.74, 6) is 0.761. The minimum atomic E-state index is -0.0839. The SMILES string of the molecule is CN=C(NCc1ccc(Cl)nc1)NCC1(C)CCCO1. The van der Waals surface area contributed by atoms with Crippen molar-refractivity contribution in [2.45, 2.75) is 31.9 Å². The summed E-state index contributed by atoms with van der Waals surface area (Å²) in [7, 11) is 1.76. The van der Waals surface area contributed by atoms with E-state index in [9.17, 15) is 0 Å². The van der Waals surface area contributed by atoms with Crippen molar-refractivity contribution in [2.75, 3.05) is 20.2 Å². The predicted octanol–water partition coefficient (Wildman–Crippen LogP) is 1.97. The van der Waals surface area contributed by atoms with Crippen molar-refractivity contribution < 1.29 is 4.74 Å². The summed E-state index contributed by atoms with van der Waals surface area (Å²) < 4.78 is 5.74. The highest BCUT2D eigenvalue weighted by molar-refractivity contribution is 6.29. The van der Waals surface area contributed by atoms with Crippen LogP contribution in [0.2, 0.25) is 5.15 Å². The Balaban J connectivity index is 1.79. The number of halogens is 1. The Morgan fingerprint density at radius 2 is 2.35 bits per heavy atom. The Morgan fingerprint density at radius 3 is 2.95 bits per heavy atom. The Morgan fingerprint density at radius 1 is 1.50 bits per heavy atom. The van der Waals surface area contributed by atoms with E-state index in [0.717, 1.165) is 37.5 Å². The summed E-state index contributed by atoms with van der Waals surface area (Å²) in [6, 6.07) is 3.72. The Kier molecular flexibility index (Phi) is 5.20. The van der Waals surface area contributed by atoms with Crippen molar-refractivity contribution >= 4 is 17.6 Å². The minimum Gasteiger partial charge on any atom is -0.373 e. The van der Waals surface area contributed by atoms with Crippen LogP contribution in [0, 0.1) is 0 Å². The number of pyridine rings is 1. The van der Waals surface area contributed by atoms with Crippen molar-refractivity contribution in [1.82, 2.24) is 15.6 Å². The first-order chi connectivity index (χ1) is 9.61. The molecule has 20 heavy (non-hydrogen) atoms. The number of hydrogen-bond donors (Lipinski definition) is 2. The first kappa shape index (κ1) is 15.1. The van der Waals surface area contributed by atoms with Crippen LogP contribution in [0.3, 0.4) is 0 Å². The molecule has 1 saturated heterocycles. The zero-order chi connectivity index (χ0) is 14.4. The maximum Gasteiger partial charge on any atom is 0.191 e. The number of ether oxygens (including phenoxy) is 1. The quantitative estimate of drug-likeness (QED) is 0.507. The summed E-state index contributed by atoms with van der Waals surface area (Å²) in [6.45, 7) is 4.39. The zero-order valence-electron chi connectivity index (χ0n) is 11.9. The average molecular weight is 297 g/mol. The monoisotopic (exact) mass is 296 g/mol. The highest BCUT2D eigenvalue weighted by Gasteiger charge is 2.29. The molecular weight excluding hydrogens is 276 g/mol. The van der Waals surface area contributed by atoms with Gasteiger partial charge in [0.1, 0.15) is 5.15 Å². The van der Waals surface area contributed by atoms with E-state index in [1.54, 1.807) is 19.3 Å². The standard InChI is InChI=1S/C14H21ClN4O/c1-14(6-3-7-20-14)10-19-13(16-2)18-9-11-4-5-12(15)17-8-11/h4-5,8H,3,6-7,9-10H2,1-2H3,(H2,16,18,19). The van der Waals surface area contributed by atoms with E-state index in [4.69, 9.17) is 16.3 Å². The lowest BCUT2D eigenvalue weighted by Crippen LogP contribution is -2.45. The molecule has 6 heteroatoms. The molecule has 1 aliphatic rings. The average Bonchev–Trinajstić information content (AvgIpc) is 2.88. The molecule has 1 unspecified atom stereocenters. The fraction of sp³-hybridized carbons (Fsp3) is 0.571. The first-order valence-electron chi connectivity index (χ1n) is 6.80. The maximum atomic E-state index is 5.76. The molecule has 110 valence electrons. The summed E-state index contributed by atoms with van der Waals surface area (Å²) in [4.78, 5) is 8.25. The van der Waals surface area contributed by atoms with Gasteiger partial charge in [-0.2, -0.15) is 0 Å². The second-order valence-corrected chi connectivity index (χ2v) is 5.56. The third-order valence-corrected chi connectivity index (χ3v) is 3.63. The van der Waals surface area contributed by atoms with Gasteiger partial charge >= 0.3 is 0 Å². The molecule has 1 fully saturated rings. The van der Waals surface area contributed by atoms with Crippen LogP contribution in [0.5, 0.6) is 0 Å². The van der Waals surface area contributed by atoms with Crippen LogP contribution in [0.4, 0.5) is 0 Å². The van der Waals surface area contributed by atoms with Crippen molar-refractivity contribution in [3.63, 3.8) is 0 Å². The van der Waals surface area contributed by atoms with Gasteiger partial charge in [-0.05, 0) is 31.4 Å². The Labute approximate surface area is 124 Å². The molecule has 0 radical (unpaired) electrons. The molecule has 1 aliphatic heterocycles. The van der Waals surface area contributed by atoms with E-state index in [-0.39, 0.29) is 5.60 Å². The van der Waals surface area contributed by atoms with Gasteiger partial charge in [0.15, 0.2) is 5.96 Å². The third-order valence-electron chi connectivity index (χ3n) is 3.40. The second-order valence-electron chi connectivity index (χ2n) is 5.17. The van der Waals surface area contributed by atoms with E-state index < -0.39 is 0 Å². The third kappa shape index (κ3) is 4.35. The lowest BCUT2D eigenvalue weighted by Gasteiger charge is -2.24. The van der Waals surface area contributed by atoms with Crippen molar-refractivity contribution in [3.05, 3.63) is 29.0 Å². The van der Waals surface area contributed by atoms with E-state index in [0.29, 0.717) is 11.7 Å². The highest BCUT2D eigenvalue weighted by Crippen LogP contribution is 2.23. The molecule has 0 aliphatic carbocycles. The highest BCUT2D eigenvalue weighted by atomic mass is 35.5. The second kappa shape index (κ2) is 6.90. The molecule has 0 bridgehead atoms. The fourth-order valence-corrected chi connectivity index (χ4v) is 2.28. The summed E-state index contributed by atoms with van der Waals surface area (Å²) in [5.41, 5.74) is 0.972. The van der Waals surface area contributed by atoms with E-state index in [1.165, 1.54) is 0 Å². The van der Waals surface area contributed by atoms with E-state index in [1.807, 2.05) is 6.07 Å². The van der Waals surface area contributed by atoms with Crippen LogP contribution >= 0.6 is 11.6 Å². The number of aromatic nitrogens is 1. The van der Waals surface area contributed by atoms with Gasteiger partial charge in [-0.1, -0.05) is 17.7 Å². The fourth-order valence-electron chi connectivity index (χ4n) is 2.16. The van der Waals surface area contributed by atoms with Gasteiger partial charge in [0.25, 0.3) is 0 Å². The first-order valence-corrected chi connectivity index (χ1v) is 7.18. The van der Waals surface area contributed by atoms with Gasteiger partial charge in [0.2, 0.25) is 0 Å². The number of aliphatic imine (C=N–C) groups is 1. The van der Waals surface area contributed by atoms with E-state index >= 15 is 0 Å². The van der Waals surface area contributed by atoms with Crippen molar-refractivity contribution in [1.29, 1.82) is 0 Å². The number of guanidine groups is 1. The molecule has 2 N–H and O–H groups in total. The lowest BCUT2D eigenvalue weighted by atomic mass is 10.0. The van der Waals surface area contributed by atoms with Crippen LogP contribution in [-0.2, 0) is 11.3 Å². The molecule has 0 spiro atoms. The normalized spacial score (nSPS) is 22.9. The van der Waals surface area contributed by atoms with Crippen LogP contribution in [0.1, 0.15) is 25.3 Å². The predicted molar refractivity (Wildman–Crippen MR) is 81.0 cm³/mol. The molecule has 0 saturated carbocycles. The van der Waals surface area contributed by atoms with Crippen molar-refractivity contribution in [2.24, 2.45) is 4.99 Å². The molecule has 2 rings (SSSR count). The molecule has 5 nitrogen and oxygen atoms in total. The van der Waals surface area contributed by atoms with Gasteiger partial charge in [-0.3, -0.25) is 4.99 Å². The molecular formula is C14H21ClN4O. The summed E-state index contributed by atoms with van der Waals surface area (Å²) in [6.07, 6.45) is 3.96. The largest absolute Gasteiger partial charge is 0.373 e. The zero-order valence-corrected chi connectivity index (χ0v) is 12.7. The Hall–Kier alpha value is -1.33. The van der Waals surface area contributed by atoms with Crippen LogP contribution in [0.25, 0.3) is 0 Å².